The summed E-state index contributed by atoms with van der Waals surface area (Å²) in [7, 11) is 0. The second-order valence-electron chi connectivity index (χ2n) is 8.99. The molecule has 0 unspecified atom stereocenters. The average molecular weight is 513 g/mol. The van der Waals surface area contributed by atoms with Crippen molar-refractivity contribution in [3.63, 3.8) is 0 Å². The fraction of sp³-hybridized carbons (Fsp3) is 0.0357. The molecule has 0 radical (unpaired) electrons. The van der Waals surface area contributed by atoms with E-state index in [0.717, 1.165) is 22.3 Å². The molecule has 0 aliphatic carbocycles. The SMILES string of the molecule is Cc1cn(-c2nccc3[nH]c(-c4n[nH]c5ccc(-c6cncc(NC(=O)c7ccccc7)c6)nc45)nc23)cn1. The zero-order valence-corrected chi connectivity index (χ0v) is 20.6. The van der Waals surface area contributed by atoms with Crippen molar-refractivity contribution in [3.05, 3.63) is 97.0 Å². The van der Waals surface area contributed by atoms with E-state index in [1.807, 2.05) is 60.2 Å². The van der Waals surface area contributed by atoms with Gasteiger partial charge in [-0.3, -0.25) is 19.4 Å². The summed E-state index contributed by atoms with van der Waals surface area (Å²) in [5, 5.41) is 10.4. The fourth-order valence-electron chi connectivity index (χ4n) is 4.43. The Morgan fingerprint density at radius 3 is 2.69 bits per heavy atom. The highest BCUT2D eigenvalue weighted by Gasteiger charge is 2.18. The molecule has 0 fully saturated rings. The topological polar surface area (TPSA) is 143 Å². The first-order chi connectivity index (χ1) is 19.1. The lowest BCUT2D eigenvalue weighted by atomic mass is 10.1. The fourth-order valence-corrected chi connectivity index (χ4v) is 4.43. The normalized spacial score (nSPS) is 11.3. The number of hydrogen-bond donors (Lipinski definition) is 3. The van der Waals surface area contributed by atoms with Gasteiger partial charge in [-0.05, 0) is 43.3 Å². The summed E-state index contributed by atoms with van der Waals surface area (Å²) in [6.45, 7) is 1.92. The van der Waals surface area contributed by atoms with Crippen LogP contribution in [0.5, 0.6) is 0 Å². The lowest BCUT2D eigenvalue weighted by Gasteiger charge is -2.07. The zero-order chi connectivity index (χ0) is 26.3. The number of imidazole rings is 2. The molecule has 0 aliphatic heterocycles. The third-order valence-electron chi connectivity index (χ3n) is 6.30. The number of H-pyrrole nitrogens is 2. The molecular formula is C28H20N10O. The number of pyridine rings is 3. The quantitative estimate of drug-likeness (QED) is 0.303. The molecule has 7 aromatic rings. The number of rotatable bonds is 5. The number of nitrogens with one attached hydrogen (secondary N) is 3. The Morgan fingerprint density at radius 1 is 0.949 bits per heavy atom. The van der Waals surface area contributed by atoms with Gasteiger partial charge in [-0.25, -0.2) is 19.9 Å². The van der Waals surface area contributed by atoms with Gasteiger partial charge in [-0.2, -0.15) is 5.10 Å². The highest BCUT2D eigenvalue weighted by molar-refractivity contribution is 6.04. The smallest absolute Gasteiger partial charge is 0.255 e. The number of benzene rings is 1. The van der Waals surface area contributed by atoms with Gasteiger partial charge >= 0.3 is 0 Å². The van der Waals surface area contributed by atoms with Crippen molar-refractivity contribution >= 4 is 33.7 Å². The van der Waals surface area contributed by atoms with Crippen LogP contribution >= 0.6 is 0 Å². The van der Waals surface area contributed by atoms with Crippen LogP contribution in [0.15, 0.2) is 85.7 Å². The molecule has 11 heteroatoms. The number of nitrogens with zero attached hydrogens (tertiary/aromatic N) is 7. The third kappa shape index (κ3) is 4.07. The molecule has 0 aliphatic rings. The van der Waals surface area contributed by atoms with Crippen LogP contribution in [0.1, 0.15) is 16.1 Å². The predicted octanol–water partition coefficient (Wildman–Crippen LogP) is 4.70. The highest BCUT2D eigenvalue weighted by atomic mass is 16.1. The molecule has 0 bridgehead atoms. The molecule has 39 heavy (non-hydrogen) atoms. The molecule has 0 saturated heterocycles. The molecule has 6 aromatic heterocycles. The number of carbonyl (C=O) groups is 1. The van der Waals surface area contributed by atoms with E-state index in [2.05, 4.69) is 35.5 Å². The molecule has 6 heterocycles. The molecular weight excluding hydrogens is 492 g/mol. The van der Waals surface area contributed by atoms with Gasteiger partial charge in [0.2, 0.25) is 0 Å². The van der Waals surface area contributed by atoms with Crippen molar-refractivity contribution in [1.82, 2.24) is 44.7 Å². The first-order valence-electron chi connectivity index (χ1n) is 12.2. The van der Waals surface area contributed by atoms with Crippen molar-refractivity contribution < 1.29 is 4.79 Å². The van der Waals surface area contributed by atoms with Gasteiger partial charge in [0.15, 0.2) is 17.3 Å². The van der Waals surface area contributed by atoms with Crippen molar-refractivity contribution in [2.75, 3.05) is 5.32 Å². The zero-order valence-electron chi connectivity index (χ0n) is 20.6. The Bertz CT molecular complexity index is 1990. The highest BCUT2D eigenvalue weighted by Crippen LogP contribution is 2.29. The Kier molecular flexibility index (Phi) is 5.18. The molecule has 0 atom stereocenters. The summed E-state index contributed by atoms with van der Waals surface area (Å²) >= 11 is 0. The monoisotopic (exact) mass is 512 g/mol. The molecule has 7 rings (SSSR count). The number of carbonyl (C=O) groups excluding carboxylic acids is 1. The van der Waals surface area contributed by atoms with E-state index < -0.39 is 0 Å². The minimum atomic E-state index is -0.209. The summed E-state index contributed by atoms with van der Waals surface area (Å²) in [4.78, 5) is 38.8. The number of anilines is 1. The van der Waals surface area contributed by atoms with Crippen molar-refractivity contribution in [1.29, 1.82) is 0 Å². The number of amides is 1. The van der Waals surface area contributed by atoms with Crippen LogP contribution in [0, 0.1) is 6.92 Å². The van der Waals surface area contributed by atoms with Gasteiger partial charge in [0.05, 0.1) is 34.3 Å². The van der Waals surface area contributed by atoms with Crippen LogP contribution in [0.2, 0.25) is 0 Å². The lowest BCUT2D eigenvalue weighted by Crippen LogP contribution is -2.11. The molecule has 0 saturated carbocycles. The molecule has 188 valence electrons. The Balaban J connectivity index is 1.25. The van der Waals surface area contributed by atoms with Crippen molar-refractivity contribution in [2.45, 2.75) is 6.92 Å². The van der Waals surface area contributed by atoms with E-state index in [9.17, 15) is 4.79 Å². The summed E-state index contributed by atoms with van der Waals surface area (Å²) in [6, 6.07) is 16.5. The van der Waals surface area contributed by atoms with Gasteiger partial charge in [0.25, 0.3) is 5.91 Å². The molecule has 1 aromatic carbocycles. The van der Waals surface area contributed by atoms with E-state index in [1.54, 1.807) is 37.1 Å². The number of aromatic nitrogens is 9. The standard InChI is InChI=1S/C28H20N10O/c1-16-14-38(15-31-16)27-24-21(9-10-30-27)34-26(35-24)25-23-22(36-37-25)8-7-20(33-23)18-11-19(13-29-12-18)32-28(39)17-5-3-2-4-6-17/h2-15H,1H3,(H,32,39)(H,34,35)(H,36,37). The third-order valence-corrected chi connectivity index (χ3v) is 6.30. The maximum Gasteiger partial charge on any atom is 0.255 e. The lowest BCUT2D eigenvalue weighted by molar-refractivity contribution is 0.102. The van der Waals surface area contributed by atoms with E-state index in [0.29, 0.717) is 45.3 Å². The Hall–Kier alpha value is -5.71. The maximum atomic E-state index is 12.6. The summed E-state index contributed by atoms with van der Waals surface area (Å²) in [5.74, 6) is 1.03. The Labute approximate surface area is 221 Å². The van der Waals surface area contributed by atoms with Gasteiger partial charge in [0.1, 0.15) is 17.4 Å². The largest absolute Gasteiger partial charge is 0.336 e. The van der Waals surface area contributed by atoms with Gasteiger partial charge in [-0.1, -0.05) is 18.2 Å². The molecule has 3 N–H and O–H groups in total. The van der Waals surface area contributed by atoms with Gasteiger partial charge in [0, 0.05) is 29.7 Å². The number of fused-ring (bicyclic) bond motifs is 2. The van der Waals surface area contributed by atoms with E-state index in [1.165, 1.54) is 0 Å². The van der Waals surface area contributed by atoms with Crippen molar-refractivity contribution in [2.24, 2.45) is 0 Å². The van der Waals surface area contributed by atoms with Crippen LogP contribution in [-0.4, -0.2) is 50.6 Å². The first-order valence-corrected chi connectivity index (χ1v) is 12.2. The van der Waals surface area contributed by atoms with E-state index in [-0.39, 0.29) is 5.91 Å². The summed E-state index contributed by atoms with van der Waals surface area (Å²) in [6.07, 6.45) is 8.66. The van der Waals surface area contributed by atoms with E-state index >= 15 is 0 Å². The van der Waals surface area contributed by atoms with Gasteiger partial charge < -0.3 is 10.3 Å². The van der Waals surface area contributed by atoms with Crippen LogP contribution in [-0.2, 0) is 0 Å². The van der Waals surface area contributed by atoms with E-state index in [4.69, 9.17) is 9.97 Å². The number of aromatic amines is 2. The van der Waals surface area contributed by atoms with Crippen molar-refractivity contribution in [3.8, 4) is 28.6 Å². The molecule has 1 amide bonds. The minimum Gasteiger partial charge on any atom is -0.336 e. The number of hydrogen-bond acceptors (Lipinski definition) is 7. The second kappa shape index (κ2) is 8.99. The summed E-state index contributed by atoms with van der Waals surface area (Å²) < 4.78 is 1.85. The average Bonchev–Trinajstić information content (AvgIpc) is 3.71. The summed E-state index contributed by atoms with van der Waals surface area (Å²) in [5.41, 5.74) is 6.97. The van der Waals surface area contributed by atoms with Gasteiger partial charge in [-0.15, -0.1) is 0 Å². The molecule has 0 spiro atoms. The molecule has 11 nitrogen and oxygen atoms in total. The predicted molar refractivity (Wildman–Crippen MR) is 146 cm³/mol. The van der Waals surface area contributed by atoms with Crippen LogP contribution in [0.4, 0.5) is 5.69 Å². The van der Waals surface area contributed by atoms with Crippen LogP contribution < -0.4 is 5.32 Å². The van der Waals surface area contributed by atoms with Crippen LogP contribution in [0.25, 0.3) is 50.7 Å². The minimum absolute atomic E-state index is 0.209. The Morgan fingerprint density at radius 2 is 1.85 bits per heavy atom. The second-order valence-corrected chi connectivity index (χ2v) is 8.99. The maximum absolute atomic E-state index is 12.6. The number of aryl methyl sites for hydroxylation is 1. The first kappa shape index (κ1) is 22.5. The van der Waals surface area contributed by atoms with Crippen LogP contribution in [0.3, 0.4) is 0 Å².